The summed E-state index contributed by atoms with van der Waals surface area (Å²) < 4.78 is 5.95. The van der Waals surface area contributed by atoms with Crippen molar-refractivity contribution in [2.45, 2.75) is 13.5 Å². The zero-order chi connectivity index (χ0) is 21.9. The lowest BCUT2D eigenvalue weighted by molar-refractivity contribution is 0.251. The van der Waals surface area contributed by atoms with Crippen LogP contribution in [0.2, 0.25) is 0 Å². The van der Waals surface area contributed by atoms with Crippen LogP contribution in [0, 0.1) is 6.92 Å². The molecule has 3 N–H and O–H groups in total. The number of fused-ring (bicyclic) bond motifs is 1. The predicted octanol–water partition coefficient (Wildman–Crippen LogP) is 5.52. The fourth-order valence-electron chi connectivity index (χ4n) is 3.52. The number of benzene rings is 3. The first kappa shape index (κ1) is 19.6. The number of carbonyl (C=O) groups excluding carboxylic acids is 1. The van der Waals surface area contributed by atoms with Gasteiger partial charge in [0, 0.05) is 24.0 Å². The van der Waals surface area contributed by atoms with Gasteiger partial charge in [-0.1, -0.05) is 48.5 Å². The first-order valence-corrected chi connectivity index (χ1v) is 10.3. The lowest BCUT2D eigenvalue weighted by Crippen LogP contribution is -2.28. The van der Waals surface area contributed by atoms with Crippen LogP contribution in [0.25, 0.3) is 33.8 Å². The second kappa shape index (κ2) is 8.39. The van der Waals surface area contributed by atoms with Gasteiger partial charge in [0.05, 0.1) is 5.56 Å². The van der Waals surface area contributed by atoms with Gasteiger partial charge in [-0.3, -0.25) is 5.10 Å². The van der Waals surface area contributed by atoms with Crippen LogP contribution in [0.15, 0.2) is 83.4 Å². The fraction of sp³-hybridized carbons (Fsp3) is 0.0800. The third kappa shape index (κ3) is 4.09. The molecule has 7 nitrogen and oxygen atoms in total. The number of anilines is 1. The van der Waals surface area contributed by atoms with E-state index >= 15 is 0 Å². The van der Waals surface area contributed by atoms with E-state index in [0.717, 1.165) is 33.4 Å². The van der Waals surface area contributed by atoms with Gasteiger partial charge in [-0.2, -0.15) is 5.10 Å². The van der Waals surface area contributed by atoms with E-state index in [-0.39, 0.29) is 6.03 Å². The van der Waals surface area contributed by atoms with Crippen molar-refractivity contribution in [3.05, 3.63) is 90.1 Å². The van der Waals surface area contributed by atoms with E-state index in [1.807, 2.05) is 79.7 Å². The summed E-state index contributed by atoms with van der Waals surface area (Å²) in [7, 11) is 0. The number of H-pyrrole nitrogens is 1. The molecule has 0 saturated heterocycles. The van der Waals surface area contributed by atoms with E-state index in [9.17, 15) is 4.79 Å². The Labute approximate surface area is 184 Å². The van der Waals surface area contributed by atoms with Crippen molar-refractivity contribution in [3.63, 3.8) is 0 Å². The Kier molecular flexibility index (Phi) is 5.13. The minimum absolute atomic E-state index is 0.275. The Bertz CT molecular complexity index is 1390. The Morgan fingerprint density at radius 3 is 2.78 bits per heavy atom. The van der Waals surface area contributed by atoms with Crippen LogP contribution in [0.4, 0.5) is 10.5 Å². The van der Waals surface area contributed by atoms with Crippen molar-refractivity contribution >= 4 is 22.8 Å². The maximum atomic E-state index is 12.3. The second-order valence-corrected chi connectivity index (χ2v) is 7.51. The lowest BCUT2D eigenvalue weighted by Gasteiger charge is -2.09. The van der Waals surface area contributed by atoms with Crippen molar-refractivity contribution in [3.8, 4) is 22.7 Å². The molecule has 0 spiro atoms. The summed E-state index contributed by atoms with van der Waals surface area (Å²) in [6.45, 7) is 2.47. The van der Waals surface area contributed by atoms with Crippen molar-refractivity contribution in [2.75, 3.05) is 5.32 Å². The van der Waals surface area contributed by atoms with Gasteiger partial charge in [0.25, 0.3) is 0 Å². The highest BCUT2D eigenvalue weighted by molar-refractivity contribution is 5.90. The third-order valence-corrected chi connectivity index (χ3v) is 5.10. The molecular weight excluding hydrogens is 402 g/mol. The average molecular weight is 423 g/mol. The van der Waals surface area contributed by atoms with Crippen molar-refractivity contribution < 1.29 is 9.21 Å². The molecule has 0 bridgehead atoms. The molecule has 0 aliphatic carbocycles. The van der Waals surface area contributed by atoms with Crippen LogP contribution >= 0.6 is 0 Å². The highest BCUT2D eigenvalue weighted by atomic mass is 16.3. The quantitative estimate of drug-likeness (QED) is 0.347. The summed E-state index contributed by atoms with van der Waals surface area (Å²) in [4.78, 5) is 16.9. The molecular formula is C25H21N5O2. The van der Waals surface area contributed by atoms with Crippen LogP contribution < -0.4 is 10.6 Å². The average Bonchev–Trinajstić information content (AvgIpc) is 3.45. The van der Waals surface area contributed by atoms with Crippen molar-refractivity contribution in [1.29, 1.82) is 0 Å². The summed E-state index contributed by atoms with van der Waals surface area (Å²) in [5.74, 6) is 0.494. The number of hydrogen-bond acceptors (Lipinski definition) is 4. The fourth-order valence-corrected chi connectivity index (χ4v) is 3.52. The molecule has 2 heterocycles. The van der Waals surface area contributed by atoms with Crippen LogP contribution in [-0.4, -0.2) is 21.2 Å². The van der Waals surface area contributed by atoms with Gasteiger partial charge in [-0.25, -0.2) is 9.78 Å². The minimum Gasteiger partial charge on any atom is -0.436 e. The molecule has 2 amide bonds. The number of oxazole rings is 1. The summed E-state index contributed by atoms with van der Waals surface area (Å²) in [6, 6.07) is 22.9. The van der Waals surface area contributed by atoms with Crippen LogP contribution in [-0.2, 0) is 6.54 Å². The highest BCUT2D eigenvalue weighted by Crippen LogP contribution is 2.32. The molecule has 0 aliphatic rings. The summed E-state index contributed by atoms with van der Waals surface area (Å²) in [5.41, 5.74) is 6.63. The van der Waals surface area contributed by atoms with Crippen LogP contribution in [0.1, 0.15) is 11.1 Å². The zero-order valence-corrected chi connectivity index (χ0v) is 17.4. The maximum Gasteiger partial charge on any atom is 0.319 e. The number of nitrogens with one attached hydrogen (secondary N) is 3. The Morgan fingerprint density at radius 1 is 1.03 bits per heavy atom. The van der Waals surface area contributed by atoms with Crippen LogP contribution in [0.5, 0.6) is 0 Å². The van der Waals surface area contributed by atoms with E-state index in [1.165, 1.54) is 0 Å². The van der Waals surface area contributed by atoms with Gasteiger partial charge in [-0.15, -0.1) is 0 Å². The Hall–Kier alpha value is -4.39. The molecule has 158 valence electrons. The smallest absolute Gasteiger partial charge is 0.319 e. The van der Waals surface area contributed by atoms with Gasteiger partial charge < -0.3 is 15.1 Å². The largest absolute Gasteiger partial charge is 0.436 e. The number of aryl methyl sites for hydroxylation is 1. The molecule has 7 heteroatoms. The molecule has 0 aliphatic heterocycles. The third-order valence-electron chi connectivity index (χ3n) is 5.10. The van der Waals surface area contributed by atoms with Gasteiger partial charge >= 0.3 is 6.03 Å². The lowest BCUT2D eigenvalue weighted by atomic mass is 10.1. The number of hydrogen-bond donors (Lipinski definition) is 3. The SMILES string of the molecule is Cc1ccc2oc(-c3c[nH]nc3-c3cccc(NC(=O)NCc4ccccc4)c3)nc2c1. The summed E-state index contributed by atoms with van der Waals surface area (Å²) in [6.07, 6.45) is 1.76. The standard InChI is InChI=1S/C25H21N5O2/c1-16-10-11-22-21(12-16)29-24(32-22)20-15-27-30-23(20)18-8-5-9-19(13-18)28-25(31)26-14-17-6-3-2-4-7-17/h2-13,15H,14H2,1H3,(H,27,30)(H2,26,28,31). The number of aromatic nitrogens is 3. The molecule has 2 aromatic heterocycles. The molecule has 5 rings (SSSR count). The van der Waals surface area contributed by atoms with Crippen molar-refractivity contribution in [2.24, 2.45) is 0 Å². The van der Waals surface area contributed by atoms with Gasteiger partial charge in [-0.05, 0) is 42.3 Å². The Morgan fingerprint density at radius 2 is 1.91 bits per heavy atom. The molecule has 0 saturated carbocycles. The molecule has 0 fully saturated rings. The van der Waals surface area contributed by atoms with Gasteiger partial charge in [0.2, 0.25) is 5.89 Å². The second-order valence-electron chi connectivity index (χ2n) is 7.51. The summed E-state index contributed by atoms with van der Waals surface area (Å²) >= 11 is 0. The first-order chi connectivity index (χ1) is 15.7. The molecule has 0 unspecified atom stereocenters. The molecule has 32 heavy (non-hydrogen) atoms. The highest BCUT2D eigenvalue weighted by Gasteiger charge is 2.17. The van der Waals surface area contributed by atoms with E-state index in [1.54, 1.807) is 6.20 Å². The number of nitrogens with zero attached hydrogens (tertiary/aromatic N) is 2. The minimum atomic E-state index is -0.275. The molecule has 0 radical (unpaired) electrons. The Balaban J connectivity index is 1.36. The topological polar surface area (TPSA) is 95.8 Å². The van der Waals surface area contributed by atoms with Crippen molar-refractivity contribution in [1.82, 2.24) is 20.5 Å². The van der Waals surface area contributed by atoms with E-state index < -0.39 is 0 Å². The molecule has 5 aromatic rings. The van der Waals surface area contributed by atoms with Gasteiger partial charge in [0.1, 0.15) is 11.2 Å². The van der Waals surface area contributed by atoms with E-state index in [0.29, 0.717) is 23.8 Å². The number of rotatable bonds is 5. The van der Waals surface area contributed by atoms with Gasteiger partial charge in [0.15, 0.2) is 5.58 Å². The predicted molar refractivity (Wildman–Crippen MR) is 124 cm³/mol. The van der Waals surface area contributed by atoms with Crippen LogP contribution in [0.3, 0.4) is 0 Å². The summed E-state index contributed by atoms with van der Waals surface area (Å²) in [5, 5.41) is 13.0. The number of urea groups is 1. The van der Waals surface area contributed by atoms with E-state index in [4.69, 9.17) is 4.42 Å². The zero-order valence-electron chi connectivity index (χ0n) is 17.4. The molecule has 0 atom stereocenters. The maximum absolute atomic E-state index is 12.3. The number of carbonyl (C=O) groups is 1. The number of aromatic amines is 1. The monoisotopic (exact) mass is 423 g/mol. The normalized spacial score (nSPS) is 10.9. The number of amides is 2. The van der Waals surface area contributed by atoms with E-state index in [2.05, 4.69) is 25.8 Å². The first-order valence-electron chi connectivity index (χ1n) is 10.3. The molecule has 3 aromatic carbocycles.